The normalized spacial score (nSPS) is 6.50. The van der Waals surface area contributed by atoms with Crippen molar-refractivity contribution < 1.29 is 1.37 Å². The second kappa shape index (κ2) is 15.1. The van der Waals surface area contributed by atoms with Crippen molar-refractivity contribution in [1.82, 2.24) is 0 Å². The summed E-state index contributed by atoms with van der Waals surface area (Å²) in [5.41, 5.74) is 0. The summed E-state index contributed by atoms with van der Waals surface area (Å²) >= 11 is 0. The summed E-state index contributed by atoms with van der Waals surface area (Å²) in [6.07, 6.45) is 1.54. The molecule has 0 aliphatic carbocycles. The zero-order chi connectivity index (χ0) is 3.41. The molecule has 0 unspecified atom stereocenters. The van der Waals surface area contributed by atoms with E-state index in [1.54, 1.807) is 6.08 Å². The fourth-order valence-corrected chi connectivity index (χ4v) is 0. The molecule has 4 heavy (non-hydrogen) atoms. The highest BCUT2D eigenvalue weighted by molar-refractivity contribution is 4.51. The number of hydrogen-bond donors (Lipinski definition) is 0. The molecule has 0 heterocycles. The van der Waals surface area contributed by atoms with Crippen molar-refractivity contribution >= 4 is 0 Å². The third-order valence-electron chi connectivity index (χ3n) is 0. The fraction of sp³-hybridized carbons (Fsp3) is 0.500. The molecule has 0 radical (unpaired) electrons. The molecule has 26 valence electrons. The average molecular weight is 59.1 g/mol. The van der Waals surface area contributed by atoms with Crippen LogP contribution in [0.5, 0.6) is 0 Å². The highest BCUT2D eigenvalue weighted by Gasteiger charge is 1.15. The Labute approximate surface area is 29.6 Å². The molecule has 0 heteroatoms. The first-order valence-electron chi connectivity index (χ1n) is 1.52. The van der Waals surface area contributed by atoms with Crippen LogP contribution < -0.4 is 0 Å². The summed E-state index contributed by atoms with van der Waals surface area (Å²) in [4.78, 5) is 0. The maximum absolute atomic E-state index is 6.33. The molecule has 0 fully saturated rings. The van der Waals surface area contributed by atoms with Gasteiger partial charge in [-0.05, 0) is 6.90 Å². The highest BCUT2D eigenvalue weighted by atomic mass is 13.2. The maximum atomic E-state index is 6.33. The number of hydrogen-bond acceptors (Lipinski definition) is 0. The van der Waals surface area contributed by atoms with Gasteiger partial charge in [0.15, 0.2) is 0 Å². The molecule has 0 aliphatic rings. The monoisotopic (exact) mass is 59.1 g/mol. The van der Waals surface area contributed by atoms with E-state index in [0.717, 1.165) is 0 Å². The summed E-state index contributed by atoms with van der Waals surface area (Å²) in [6.45, 7) is 3.62. The molecule has 0 spiro atoms. The topological polar surface area (TPSA) is 0 Å². The average Bonchev–Trinajstić information content (AvgIpc) is 1.37. The smallest absolute Gasteiger partial charge is 0.0273 e. The Kier molecular flexibility index (Phi) is 14.2. The van der Waals surface area contributed by atoms with Gasteiger partial charge in [-0.1, -0.05) is 13.5 Å². The van der Waals surface area contributed by atoms with Gasteiger partial charge < -0.3 is 0 Å². The van der Waals surface area contributed by atoms with Crippen molar-refractivity contribution in [2.75, 3.05) is 0 Å². The van der Waals surface area contributed by atoms with Gasteiger partial charge in [0.1, 0.15) is 0 Å². The van der Waals surface area contributed by atoms with Crippen molar-refractivity contribution in [3.05, 3.63) is 12.7 Å². The molecule has 0 atom stereocenters. The Hall–Kier alpha value is -0.260. The lowest BCUT2D eigenvalue weighted by Gasteiger charge is -1.31. The molecule has 0 rings (SSSR count). The van der Waals surface area contributed by atoms with Crippen molar-refractivity contribution in [2.24, 2.45) is 0 Å². The Morgan fingerprint density at radius 2 is 2.50 bits per heavy atom. The van der Waals surface area contributed by atoms with E-state index >= 15 is 0 Å². The van der Waals surface area contributed by atoms with Crippen LogP contribution in [-0.2, 0) is 0 Å². The minimum Gasteiger partial charge on any atom is -0.103 e. The molecule has 0 nitrogen and oxygen atoms in total. The molecule has 0 bridgehead atoms. The van der Waals surface area contributed by atoms with E-state index in [0.29, 0.717) is 6.90 Å². The van der Waals surface area contributed by atoms with Gasteiger partial charge in [-0.3, -0.25) is 0 Å². The minimum atomic E-state index is 0. The van der Waals surface area contributed by atoms with Crippen LogP contribution in [0, 0.1) is 0 Å². The number of allylic oxidation sites excluding steroid dienone is 1. The molecule has 0 aromatic rings. The lowest BCUT2D eigenvalue weighted by atomic mass is 10.8. The quantitative estimate of drug-likeness (QED) is 0.373. The Balaban J connectivity index is 0. The first kappa shape index (κ1) is 3.74. The van der Waals surface area contributed by atoms with Crippen LogP contribution in [0.3, 0.4) is 0 Å². The summed E-state index contributed by atoms with van der Waals surface area (Å²) < 4.78 is 6.33. The zero-order valence-corrected chi connectivity index (χ0v) is 1.99. The van der Waals surface area contributed by atoms with Gasteiger partial charge in [0, 0.05) is 1.37 Å². The summed E-state index contributed by atoms with van der Waals surface area (Å²) in [5.74, 6) is 0. The van der Waals surface area contributed by atoms with Crippen molar-refractivity contribution in [2.45, 2.75) is 14.3 Å². The predicted molar refractivity (Wildman–Crippen MR) is 22.6 cm³/mol. The van der Waals surface area contributed by atoms with Gasteiger partial charge in [0.25, 0.3) is 0 Å². The summed E-state index contributed by atoms with van der Waals surface area (Å²) in [5, 5.41) is 0. The molecule has 0 aromatic carbocycles. The molecule has 0 aromatic heterocycles. The van der Waals surface area contributed by atoms with E-state index in [1.165, 1.54) is 0 Å². The largest absolute Gasteiger partial charge is 0.103 e. The summed E-state index contributed by atoms with van der Waals surface area (Å²) in [6, 6.07) is 0. The van der Waals surface area contributed by atoms with Crippen molar-refractivity contribution in [3.8, 4) is 0 Å². The standard InChI is InChI=1S/C3H6.CH4/c1-3-2;/h3H,1H2,2H3;1H4/i2D;. The molecule has 0 N–H and O–H groups in total. The SMILES string of the molecule is C.[2H]CC=C. The Morgan fingerprint density at radius 1 is 2.25 bits per heavy atom. The highest BCUT2D eigenvalue weighted by Crippen LogP contribution is 1.38. The van der Waals surface area contributed by atoms with Gasteiger partial charge in [0.05, 0.1) is 0 Å². The second-order valence-corrected chi connectivity index (χ2v) is 0.289. The van der Waals surface area contributed by atoms with Crippen molar-refractivity contribution in [1.29, 1.82) is 0 Å². The third-order valence-corrected chi connectivity index (χ3v) is 0. The number of rotatable bonds is 0. The summed E-state index contributed by atoms with van der Waals surface area (Å²) in [7, 11) is 0. The van der Waals surface area contributed by atoms with Crippen LogP contribution >= 0.6 is 0 Å². The van der Waals surface area contributed by atoms with E-state index in [9.17, 15) is 0 Å². The molecular formula is C4H10. The predicted octanol–water partition coefficient (Wildman–Crippen LogP) is 1.83. The zero-order valence-electron chi connectivity index (χ0n) is 2.99. The van der Waals surface area contributed by atoms with E-state index in [-0.39, 0.29) is 7.43 Å². The van der Waals surface area contributed by atoms with Crippen LogP contribution in [0.25, 0.3) is 0 Å². The van der Waals surface area contributed by atoms with E-state index in [2.05, 4.69) is 6.58 Å². The lowest BCUT2D eigenvalue weighted by molar-refractivity contribution is 1.80. The van der Waals surface area contributed by atoms with Crippen LogP contribution in [0.1, 0.15) is 15.7 Å². The molecule has 0 saturated carbocycles. The van der Waals surface area contributed by atoms with Crippen LogP contribution in [-0.4, -0.2) is 0 Å². The van der Waals surface area contributed by atoms with E-state index < -0.39 is 0 Å². The first-order chi connectivity index (χ1) is 1.91. The first-order valence-corrected chi connectivity index (χ1v) is 0.816. The molecule has 0 aliphatic heterocycles. The second-order valence-electron chi connectivity index (χ2n) is 0.289. The molecule has 0 amide bonds. The van der Waals surface area contributed by atoms with Crippen LogP contribution in [0.4, 0.5) is 0 Å². The third kappa shape index (κ3) is 14.1. The lowest BCUT2D eigenvalue weighted by Crippen LogP contribution is -1.07. The van der Waals surface area contributed by atoms with Crippen LogP contribution in [0.2, 0.25) is 0 Å². The van der Waals surface area contributed by atoms with Gasteiger partial charge >= 0.3 is 0 Å². The van der Waals surface area contributed by atoms with Gasteiger partial charge in [-0.15, -0.1) is 6.58 Å². The van der Waals surface area contributed by atoms with Gasteiger partial charge in [0.2, 0.25) is 0 Å². The maximum Gasteiger partial charge on any atom is 0.0273 e. The van der Waals surface area contributed by atoms with E-state index in [1.807, 2.05) is 0 Å². The van der Waals surface area contributed by atoms with Crippen LogP contribution in [0.15, 0.2) is 12.7 Å². The van der Waals surface area contributed by atoms with E-state index in [4.69, 9.17) is 1.37 Å². The van der Waals surface area contributed by atoms with Crippen molar-refractivity contribution in [3.63, 3.8) is 0 Å². The Bertz CT molecular complexity index is 17.6. The van der Waals surface area contributed by atoms with Gasteiger partial charge in [-0.25, -0.2) is 0 Å². The fourth-order valence-electron chi connectivity index (χ4n) is 0. The molecule has 0 saturated heterocycles. The minimum absolute atomic E-state index is 0. The molecular weight excluding hydrogens is 48.0 g/mol. The Morgan fingerprint density at radius 3 is 2.50 bits per heavy atom. The van der Waals surface area contributed by atoms with Gasteiger partial charge in [-0.2, -0.15) is 0 Å².